The highest BCUT2D eigenvalue weighted by Crippen LogP contribution is 2.63. The number of rotatable bonds is 33. The summed E-state index contributed by atoms with van der Waals surface area (Å²) in [6.07, 6.45) is 45.0. The minimum Gasteiger partial charge on any atom is -0.481 e. The van der Waals surface area contributed by atoms with Gasteiger partial charge in [-0.1, -0.05) is 214 Å². The van der Waals surface area contributed by atoms with Gasteiger partial charge < -0.3 is 5.11 Å². The molecule has 1 fully saturated rings. The SMILES string of the molecule is CCCCCCCCCCC1(C(=O)O)CCCC(CCCCCCCC)C1(CCCCCCCC)CCCCCCCCCC. The van der Waals surface area contributed by atoms with E-state index in [0.29, 0.717) is 5.92 Å². The smallest absolute Gasteiger partial charge is 0.310 e. The van der Waals surface area contributed by atoms with Gasteiger partial charge in [-0.3, -0.25) is 4.79 Å². The summed E-state index contributed by atoms with van der Waals surface area (Å²) in [5, 5.41) is 11.3. The van der Waals surface area contributed by atoms with E-state index < -0.39 is 11.4 Å². The lowest BCUT2D eigenvalue weighted by atomic mass is 9.46. The van der Waals surface area contributed by atoms with Crippen LogP contribution >= 0.6 is 0 Å². The van der Waals surface area contributed by atoms with Gasteiger partial charge in [-0.05, 0) is 49.9 Å². The number of aliphatic carboxylic acids is 1. The summed E-state index contributed by atoms with van der Waals surface area (Å²) in [7, 11) is 0. The van der Waals surface area contributed by atoms with Crippen LogP contribution in [0.4, 0.5) is 0 Å². The van der Waals surface area contributed by atoms with Crippen LogP contribution in [0.25, 0.3) is 0 Å². The average molecular weight is 633 g/mol. The van der Waals surface area contributed by atoms with Gasteiger partial charge in [-0.2, -0.15) is 0 Å². The fourth-order valence-corrected chi connectivity index (χ4v) is 9.33. The molecule has 0 bridgehead atoms. The van der Waals surface area contributed by atoms with E-state index in [1.807, 2.05) is 0 Å². The molecule has 3 unspecified atom stereocenters. The third-order valence-electron chi connectivity index (χ3n) is 12.1. The minimum atomic E-state index is -0.495. The Balaban J connectivity index is 3.12. The molecule has 2 heteroatoms. The van der Waals surface area contributed by atoms with Crippen LogP contribution in [-0.4, -0.2) is 11.1 Å². The zero-order valence-corrected chi connectivity index (χ0v) is 31.7. The number of hydrogen-bond acceptors (Lipinski definition) is 1. The molecule has 0 aromatic carbocycles. The second kappa shape index (κ2) is 28.5. The van der Waals surface area contributed by atoms with Crippen LogP contribution in [-0.2, 0) is 4.79 Å². The summed E-state index contributed by atoms with van der Waals surface area (Å²) < 4.78 is 0. The topological polar surface area (TPSA) is 37.3 Å². The van der Waals surface area contributed by atoms with Crippen molar-refractivity contribution < 1.29 is 9.90 Å². The number of carboxylic acids is 1. The van der Waals surface area contributed by atoms with Crippen LogP contribution in [0.1, 0.15) is 252 Å². The van der Waals surface area contributed by atoms with Gasteiger partial charge in [0, 0.05) is 0 Å². The summed E-state index contributed by atoms with van der Waals surface area (Å²) in [6, 6.07) is 0. The van der Waals surface area contributed by atoms with Crippen LogP contribution < -0.4 is 0 Å². The molecule has 0 amide bonds. The zero-order valence-electron chi connectivity index (χ0n) is 31.7. The summed E-state index contributed by atoms with van der Waals surface area (Å²) in [5.74, 6) is 0.200. The molecule has 2 nitrogen and oxygen atoms in total. The van der Waals surface area contributed by atoms with E-state index in [9.17, 15) is 9.90 Å². The summed E-state index contributed by atoms with van der Waals surface area (Å²) in [5.41, 5.74) is -0.487. The van der Waals surface area contributed by atoms with Gasteiger partial charge in [0.15, 0.2) is 0 Å². The zero-order chi connectivity index (χ0) is 32.9. The Hall–Kier alpha value is -0.530. The van der Waals surface area contributed by atoms with Crippen molar-refractivity contribution in [3.63, 3.8) is 0 Å². The Morgan fingerprint density at radius 1 is 0.489 bits per heavy atom. The number of unbranched alkanes of at least 4 members (excludes halogenated alkanes) is 24. The number of carbonyl (C=O) groups is 1. The second-order valence-electron chi connectivity index (χ2n) is 15.7. The highest BCUT2D eigenvalue weighted by atomic mass is 16.4. The lowest BCUT2D eigenvalue weighted by Crippen LogP contribution is -2.54. The molecule has 3 atom stereocenters. The molecular weight excluding hydrogens is 548 g/mol. The van der Waals surface area contributed by atoms with Crippen molar-refractivity contribution in [2.75, 3.05) is 0 Å². The molecule has 1 rings (SSSR count). The lowest BCUT2D eigenvalue weighted by Gasteiger charge is -2.57. The van der Waals surface area contributed by atoms with Gasteiger partial charge in [0.2, 0.25) is 0 Å². The van der Waals surface area contributed by atoms with Crippen molar-refractivity contribution in [1.82, 2.24) is 0 Å². The monoisotopic (exact) mass is 633 g/mol. The molecule has 0 radical (unpaired) electrons. The van der Waals surface area contributed by atoms with Crippen molar-refractivity contribution in [3.05, 3.63) is 0 Å². The molecule has 0 aromatic rings. The molecule has 268 valence electrons. The van der Waals surface area contributed by atoms with Crippen molar-refractivity contribution in [2.45, 2.75) is 252 Å². The van der Waals surface area contributed by atoms with Crippen LogP contribution in [0.3, 0.4) is 0 Å². The first kappa shape index (κ1) is 42.5. The second-order valence-corrected chi connectivity index (χ2v) is 15.7. The largest absolute Gasteiger partial charge is 0.481 e. The van der Waals surface area contributed by atoms with Crippen molar-refractivity contribution >= 4 is 5.97 Å². The van der Waals surface area contributed by atoms with E-state index in [1.165, 1.54) is 199 Å². The molecule has 1 N–H and O–H groups in total. The fourth-order valence-electron chi connectivity index (χ4n) is 9.33. The van der Waals surface area contributed by atoms with Crippen molar-refractivity contribution in [3.8, 4) is 0 Å². The molecule has 1 aliphatic rings. The molecule has 0 aromatic heterocycles. The summed E-state index contributed by atoms with van der Waals surface area (Å²) in [4.78, 5) is 13.7. The summed E-state index contributed by atoms with van der Waals surface area (Å²) in [6.45, 7) is 9.21. The van der Waals surface area contributed by atoms with E-state index in [4.69, 9.17) is 0 Å². The average Bonchev–Trinajstić information content (AvgIpc) is 3.04. The number of carboxylic acid groups (broad SMARTS) is 1. The van der Waals surface area contributed by atoms with E-state index in [1.54, 1.807) is 0 Å². The third-order valence-corrected chi connectivity index (χ3v) is 12.1. The van der Waals surface area contributed by atoms with E-state index in [-0.39, 0.29) is 5.41 Å². The van der Waals surface area contributed by atoms with Crippen molar-refractivity contribution in [1.29, 1.82) is 0 Å². The number of hydrogen-bond donors (Lipinski definition) is 1. The molecule has 0 saturated heterocycles. The Morgan fingerprint density at radius 3 is 1.20 bits per heavy atom. The molecule has 1 aliphatic carbocycles. The van der Waals surface area contributed by atoms with Crippen LogP contribution in [0.5, 0.6) is 0 Å². The third kappa shape index (κ3) is 16.9. The van der Waals surface area contributed by atoms with E-state index >= 15 is 0 Å². The highest BCUT2D eigenvalue weighted by molar-refractivity contribution is 5.76. The Kier molecular flexibility index (Phi) is 26.9. The summed E-state index contributed by atoms with van der Waals surface area (Å²) >= 11 is 0. The lowest BCUT2D eigenvalue weighted by molar-refractivity contribution is -0.175. The van der Waals surface area contributed by atoms with Crippen LogP contribution in [0.15, 0.2) is 0 Å². The maximum Gasteiger partial charge on any atom is 0.310 e. The van der Waals surface area contributed by atoms with Crippen LogP contribution in [0.2, 0.25) is 0 Å². The van der Waals surface area contributed by atoms with Crippen molar-refractivity contribution in [2.24, 2.45) is 16.7 Å². The van der Waals surface area contributed by atoms with Gasteiger partial charge in [0.05, 0.1) is 5.41 Å². The highest BCUT2D eigenvalue weighted by Gasteiger charge is 2.59. The molecular formula is C43H84O2. The molecule has 0 heterocycles. The van der Waals surface area contributed by atoms with Gasteiger partial charge in [-0.25, -0.2) is 0 Å². The minimum absolute atomic E-state index is 0.00853. The standard InChI is InChI=1S/C43H84O2/c1-5-9-13-17-21-23-27-31-37-42(36-30-26-20-16-12-8-4)40(34-29-25-19-15-11-7-3)35-33-39-43(42,41(44)45)38-32-28-24-22-18-14-10-6-2/h40H,5-39H2,1-4H3,(H,44,45). The Bertz CT molecular complexity index is 658. The first-order valence-corrected chi connectivity index (χ1v) is 21.3. The first-order chi connectivity index (χ1) is 22.0. The predicted octanol–water partition coefficient (Wildman–Crippen LogP) is 15.4. The molecule has 45 heavy (non-hydrogen) atoms. The quantitative estimate of drug-likeness (QED) is 0.0731. The Morgan fingerprint density at radius 2 is 0.822 bits per heavy atom. The molecule has 0 aliphatic heterocycles. The molecule has 0 spiro atoms. The van der Waals surface area contributed by atoms with Gasteiger partial charge in [0.1, 0.15) is 0 Å². The van der Waals surface area contributed by atoms with Crippen LogP contribution in [0, 0.1) is 16.7 Å². The first-order valence-electron chi connectivity index (χ1n) is 21.3. The fraction of sp³-hybridized carbons (Fsp3) is 0.977. The molecule has 1 saturated carbocycles. The predicted molar refractivity (Wildman–Crippen MR) is 200 cm³/mol. The maximum absolute atomic E-state index is 13.7. The van der Waals surface area contributed by atoms with E-state index in [0.717, 1.165) is 25.7 Å². The maximum atomic E-state index is 13.7. The van der Waals surface area contributed by atoms with Gasteiger partial charge >= 0.3 is 5.97 Å². The van der Waals surface area contributed by atoms with Gasteiger partial charge in [0.25, 0.3) is 0 Å². The van der Waals surface area contributed by atoms with E-state index in [2.05, 4.69) is 27.7 Å². The Labute approximate surface area is 284 Å². The van der Waals surface area contributed by atoms with Gasteiger partial charge in [-0.15, -0.1) is 0 Å². The normalized spacial score (nSPS) is 21.8.